The van der Waals surface area contributed by atoms with Gasteiger partial charge in [0.1, 0.15) is 0 Å². The highest BCUT2D eigenvalue weighted by Gasteiger charge is 2.30. The number of ether oxygens (including phenoxy) is 1. The number of nitro groups is 1. The lowest BCUT2D eigenvalue weighted by molar-refractivity contribution is -0.385. The lowest BCUT2D eigenvalue weighted by Gasteiger charge is -2.34. The zero-order chi connectivity index (χ0) is 15.6. The molecule has 0 spiro atoms. The number of halogens is 1. The maximum atomic E-state index is 12.5. The zero-order valence-electron chi connectivity index (χ0n) is 11.9. The molecule has 1 amide bonds. The van der Waals surface area contributed by atoms with Crippen LogP contribution in [0.1, 0.15) is 23.2 Å². The summed E-state index contributed by atoms with van der Waals surface area (Å²) in [4.78, 5) is 25.1. The molecule has 0 unspecified atom stereocenters. The van der Waals surface area contributed by atoms with E-state index in [1.807, 2.05) is 0 Å². The van der Waals surface area contributed by atoms with E-state index in [2.05, 4.69) is 15.9 Å². The summed E-state index contributed by atoms with van der Waals surface area (Å²) in [5.41, 5.74) is 0.0323. The minimum Gasteiger partial charge on any atom is -0.490 e. The molecule has 114 valence electrons. The van der Waals surface area contributed by atoms with Crippen molar-refractivity contribution in [3.8, 4) is 5.75 Å². The van der Waals surface area contributed by atoms with E-state index in [1.54, 1.807) is 18.0 Å². The predicted octanol–water partition coefficient (Wildman–Crippen LogP) is 2.85. The van der Waals surface area contributed by atoms with E-state index in [0.29, 0.717) is 17.3 Å². The van der Waals surface area contributed by atoms with Gasteiger partial charge in [0.15, 0.2) is 0 Å². The first-order valence-corrected chi connectivity index (χ1v) is 7.56. The molecule has 0 N–H and O–H groups in total. The van der Waals surface area contributed by atoms with Crippen LogP contribution < -0.4 is 4.74 Å². The lowest BCUT2D eigenvalue weighted by Crippen LogP contribution is -2.37. The number of carbonyl (C=O) groups excluding carboxylic acids is 1. The highest BCUT2D eigenvalue weighted by atomic mass is 79.9. The number of para-hydroxylation sites is 1. The number of hydrogen-bond acceptors (Lipinski definition) is 4. The van der Waals surface area contributed by atoms with Gasteiger partial charge < -0.3 is 9.64 Å². The van der Waals surface area contributed by atoms with Gasteiger partial charge in [-0.05, 0) is 24.8 Å². The molecule has 1 aromatic rings. The summed E-state index contributed by atoms with van der Waals surface area (Å²) in [6.07, 6.45) is 2.09. The van der Waals surface area contributed by atoms with Crippen molar-refractivity contribution in [3.05, 3.63) is 33.9 Å². The summed E-state index contributed by atoms with van der Waals surface area (Å²) < 4.78 is 5.07. The molecule has 0 bridgehead atoms. The summed E-state index contributed by atoms with van der Waals surface area (Å²) >= 11 is 3.52. The van der Waals surface area contributed by atoms with E-state index in [9.17, 15) is 14.9 Å². The molecule has 21 heavy (non-hydrogen) atoms. The fourth-order valence-corrected chi connectivity index (χ4v) is 3.59. The third kappa shape index (κ3) is 3.34. The van der Waals surface area contributed by atoms with E-state index < -0.39 is 4.92 Å². The van der Waals surface area contributed by atoms with Crippen molar-refractivity contribution in [3.63, 3.8) is 0 Å². The van der Waals surface area contributed by atoms with Crippen LogP contribution in [0.2, 0.25) is 0 Å². The molecule has 0 radical (unpaired) electrons. The minimum atomic E-state index is -0.545. The zero-order valence-corrected chi connectivity index (χ0v) is 13.5. The van der Waals surface area contributed by atoms with Crippen molar-refractivity contribution in [2.45, 2.75) is 17.7 Å². The van der Waals surface area contributed by atoms with Crippen LogP contribution in [-0.2, 0) is 0 Å². The quantitative estimate of drug-likeness (QED) is 0.462. The second-order valence-electron chi connectivity index (χ2n) is 5.24. The van der Waals surface area contributed by atoms with Crippen LogP contribution in [0.3, 0.4) is 0 Å². The monoisotopic (exact) mass is 356 g/mol. The van der Waals surface area contributed by atoms with E-state index in [0.717, 1.165) is 12.8 Å². The summed E-state index contributed by atoms with van der Waals surface area (Å²) in [5.74, 6) is 0.243. The van der Waals surface area contributed by atoms with Gasteiger partial charge in [0.2, 0.25) is 5.75 Å². The number of benzene rings is 1. The van der Waals surface area contributed by atoms with Crippen molar-refractivity contribution in [2.24, 2.45) is 5.92 Å². The van der Waals surface area contributed by atoms with Crippen LogP contribution >= 0.6 is 15.9 Å². The number of amides is 1. The highest BCUT2D eigenvalue weighted by Crippen LogP contribution is 2.35. The largest absolute Gasteiger partial charge is 0.490 e. The molecule has 1 aliphatic rings. The van der Waals surface area contributed by atoms with Gasteiger partial charge in [0.25, 0.3) is 5.91 Å². The number of methoxy groups -OCH3 is 1. The molecule has 6 nitrogen and oxygen atoms in total. The molecule has 0 aliphatic heterocycles. The Hall–Kier alpha value is -1.63. The van der Waals surface area contributed by atoms with Gasteiger partial charge >= 0.3 is 5.69 Å². The number of carbonyl (C=O) groups is 1. The Morgan fingerprint density at radius 1 is 1.52 bits per heavy atom. The van der Waals surface area contributed by atoms with Crippen molar-refractivity contribution in [2.75, 3.05) is 20.7 Å². The summed E-state index contributed by atoms with van der Waals surface area (Å²) in [5, 5.41) is 11.0. The van der Waals surface area contributed by atoms with Crippen LogP contribution in [-0.4, -0.2) is 41.3 Å². The number of nitro benzene ring substituents is 1. The smallest absolute Gasteiger partial charge is 0.311 e. The third-order valence-electron chi connectivity index (χ3n) is 3.68. The second-order valence-corrected chi connectivity index (χ2v) is 6.53. The molecular weight excluding hydrogens is 340 g/mol. The molecule has 0 saturated heterocycles. The first-order valence-electron chi connectivity index (χ1n) is 6.65. The summed E-state index contributed by atoms with van der Waals surface area (Å²) in [6, 6.07) is 4.38. The maximum absolute atomic E-state index is 12.5. The average Bonchev–Trinajstić information content (AvgIpc) is 2.43. The number of rotatable bonds is 5. The maximum Gasteiger partial charge on any atom is 0.311 e. The second kappa shape index (κ2) is 6.43. The Labute approximate surface area is 131 Å². The molecule has 1 aromatic carbocycles. The van der Waals surface area contributed by atoms with Crippen LogP contribution in [0, 0.1) is 16.0 Å². The predicted molar refractivity (Wildman–Crippen MR) is 82.0 cm³/mol. The van der Waals surface area contributed by atoms with Crippen LogP contribution in [0.15, 0.2) is 18.2 Å². The SMILES string of the molecule is COc1c(C(=O)N(C)CC2CC(Br)C2)cccc1[N+](=O)[O-]. The Balaban J connectivity index is 2.18. The average molecular weight is 357 g/mol. The highest BCUT2D eigenvalue weighted by molar-refractivity contribution is 9.09. The van der Waals surface area contributed by atoms with Crippen LogP contribution in [0.4, 0.5) is 5.69 Å². The molecule has 1 fully saturated rings. The van der Waals surface area contributed by atoms with E-state index >= 15 is 0 Å². The van der Waals surface area contributed by atoms with Crippen molar-refractivity contribution >= 4 is 27.5 Å². The fraction of sp³-hybridized carbons (Fsp3) is 0.500. The van der Waals surface area contributed by atoms with Crippen molar-refractivity contribution in [1.82, 2.24) is 4.90 Å². The molecule has 0 atom stereocenters. The standard InChI is InChI=1S/C14H17BrN2O4/c1-16(8-9-6-10(15)7-9)14(18)11-4-3-5-12(17(19)20)13(11)21-2/h3-5,9-10H,6-8H2,1-2H3. The molecule has 7 heteroatoms. The fourth-order valence-electron chi connectivity index (χ4n) is 2.53. The van der Waals surface area contributed by atoms with E-state index in [1.165, 1.54) is 19.2 Å². The van der Waals surface area contributed by atoms with Crippen LogP contribution in [0.5, 0.6) is 5.75 Å². The Kier molecular flexibility index (Phi) is 4.82. The number of nitrogens with zero attached hydrogens (tertiary/aromatic N) is 2. The Bertz CT molecular complexity index is 558. The Morgan fingerprint density at radius 2 is 2.19 bits per heavy atom. The van der Waals surface area contributed by atoms with Gasteiger partial charge in [-0.25, -0.2) is 0 Å². The summed E-state index contributed by atoms with van der Waals surface area (Å²) in [7, 11) is 3.04. The van der Waals surface area contributed by atoms with Gasteiger partial charge in [-0.3, -0.25) is 14.9 Å². The van der Waals surface area contributed by atoms with Crippen molar-refractivity contribution in [1.29, 1.82) is 0 Å². The Morgan fingerprint density at radius 3 is 2.71 bits per heavy atom. The van der Waals surface area contributed by atoms with Gasteiger partial charge in [-0.1, -0.05) is 22.0 Å². The summed E-state index contributed by atoms with van der Waals surface area (Å²) in [6.45, 7) is 0.646. The molecular formula is C14H17BrN2O4. The topological polar surface area (TPSA) is 72.7 Å². The van der Waals surface area contributed by atoms with Gasteiger partial charge in [-0.2, -0.15) is 0 Å². The number of hydrogen-bond donors (Lipinski definition) is 0. The molecule has 0 heterocycles. The van der Waals surface area contributed by atoms with Gasteiger partial charge in [0, 0.05) is 24.5 Å². The first-order chi connectivity index (χ1) is 9.93. The molecule has 1 saturated carbocycles. The number of alkyl halides is 1. The van der Waals surface area contributed by atoms with Crippen LogP contribution in [0.25, 0.3) is 0 Å². The van der Waals surface area contributed by atoms with Gasteiger partial charge in [-0.15, -0.1) is 0 Å². The van der Waals surface area contributed by atoms with E-state index in [-0.39, 0.29) is 22.9 Å². The third-order valence-corrected chi connectivity index (χ3v) is 4.43. The first kappa shape index (κ1) is 15.8. The van der Waals surface area contributed by atoms with E-state index in [4.69, 9.17) is 4.74 Å². The molecule has 1 aliphatic carbocycles. The van der Waals surface area contributed by atoms with Crippen molar-refractivity contribution < 1.29 is 14.5 Å². The normalized spacial score (nSPS) is 20.5. The molecule has 0 aromatic heterocycles. The van der Waals surface area contributed by atoms with Gasteiger partial charge in [0.05, 0.1) is 17.6 Å². The molecule has 2 rings (SSSR count). The minimum absolute atomic E-state index is 0.0197. The lowest BCUT2D eigenvalue weighted by atomic mass is 9.85.